The first-order valence-electron chi connectivity index (χ1n) is 6.48. The Kier molecular flexibility index (Phi) is 6.68. The maximum Gasteiger partial charge on any atom is 0.244 e. The van der Waals surface area contributed by atoms with Crippen molar-refractivity contribution in [2.24, 2.45) is 0 Å². The second kappa shape index (κ2) is 7.80. The van der Waals surface area contributed by atoms with Gasteiger partial charge in [-0.2, -0.15) is 0 Å². The maximum absolute atomic E-state index is 11.8. The minimum absolute atomic E-state index is 0.157. The van der Waals surface area contributed by atoms with Gasteiger partial charge in [0.25, 0.3) is 0 Å². The number of carbonyl (C=O) groups excluding carboxylic acids is 1. The van der Waals surface area contributed by atoms with Crippen LogP contribution in [0.3, 0.4) is 0 Å². The van der Waals surface area contributed by atoms with Crippen molar-refractivity contribution in [3.05, 3.63) is 39.9 Å². The molecule has 0 heterocycles. The summed E-state index contributed by atoms with van der Waals surface area (Å²) in [6, 6.07) is 5.14. The van der Waals surface area contributed by atoms with Gasteiger partial charge in [0.15, 0.2) is 0 Å². The number of amides is 1. The van der Waals surface area contributed by atoms with E-state index in [-0.39, 0.29) is 12.5 Å². The van der Waals surface area contributed by atoms with Crippen LogP contribution >= 0.6 is 23.2 Å². The van der Waals surface area contributed by atoms with Crippen LogP contribution < -0.4 is 5.32 Å². The number of nitrogens with one attached hydrogen (secondary N) is 1. The predicted molar refractivity (Wildman–Crippen MR) is 87.7 cm³/mol. The normalized spacial score (nSPS) is 14.4. The largest absolute Gasteiger partial charge is 0.387 e. The van der Waals surface area contributed by atoms with Gasteiger partial charge in [-0.3, -0.25) is 4.79 Å². The molecule has 0 saturated heterocycles. The summed E-state index contributed by atoms with van der Waals surface area (Å²) < 4.78 is 0. The van der Waals surface area contributed by atoms with Crippen LogP contribution in [0.25, 0.3) is 6.08 Å². The molecule has 2 N–H and O–H groups in total. The quantitative estimate of drug-likeness (QED) is 0.787. The lowest BCUT2D eigenvalue weighted by Crippen LogP contribution is -2.46. The summed E-state index contributed by atoms with van der Waals surface area (Å²) >= 11 is 12.0. The van der Waals surface area contributed by atoms with Crippen LogP contribution in [0.2, 0.25) is 10.0 Å². The van der Waals surface area contributed by atoms with Gasteiger partial charge in [-0.05, 0) is 39.2 Å². The second-order valence-corrected chi connectivity index (χ2v) is 6.24. The van der Waals surface area contributed by atoms with Crippen LogP contribution in [0.15, 0.2) is 24.3 Å². The number of aliphatic hydroxyl groups is 1. The molecule has 1 rings (SSSR count). The van der Waals surface area contributed by atoms with E-state index in [0.717, 1.165) is 0 Å². The van der Waals surface area contributed by atoms with E-state index in [0.29, 0.717) is 22.2 Å². The number of nitrogens with zero attached hydrogens (tertiary/aromatic N) is 1. The molecule has 0 radical (unpaired) electrons. The summed E-state index contributed by atoms with van der Waals surface area (Å²) in [6.45, 7) is 2.28. The van der Waals surface area contributed by atoms with Gasteiger partial charge in [-0.25, -0.2) is 0 Å². The van der Waals surface area contributed by atoms with Gasteiger partial charge in [-0.15, -0.1) is 0 Å². The zero-order chi connectivity index (χ0) is 16.0. The molecule has 0 fully saturated rings. The van der Waals surface area contributed by atoms with Crippen molar-refractivity contribution >= 4 is 35.2 Å². The molecule has 116 valence electrons. The van der Waals surface area contributed by atoms with Gasteiger partial charge < -0.3 is 15.3 Å². The highest BCUT2D eigenvalue weighted by Gasteiger charge is 2.21. The average Bonchev–Trinajstić information content (AvgIpc) is 2.34. The van der Waals surface area contributed by atoms with Crippen molar-refractivity contribution in [1.82, 2.24) is 10.2 Å². The minimum Gasteiger partial charge on any atom is -0.387 e. The first-order chi connectivity index (χ1) is 9.71. The number of likely N-dealkylation sites (N-methyl/N-ethyl adjacent to an activating group) is 1. The van der Waals surface area contributed by atoms with E-state index in [1.165, 1.54) is 6.08 Å². The number of halogens is 2. The van der Waals surface area contributed by atoms with E-state index in [4.69, 9.17) is 23.2 Å². The van der Waals surface area contributed by atoms with E-state index in [9.17, 15) is 9.90 Å². The summed E-state index contributed by atoms with van der Waals surface area (Å²) in [5.41, 5.74) is -0.397. The molecular weight excluding hydrogens is 311 g/mol. The number of benzene rings is 1. The van der Waals surface area contributed by atoms with Crippen LogP contribution in [0.1, 0.15) is 12.5 Å². The lowest BCUT2D eigenvalue weighted by molar-refractivity contribution is -0.117. The Bertz CT molecular complexity index is 508. The third-order valence-corrected chi connectivity index (χ3v) is 3.36. The van der Waals surface area contributed by atoms with E-state index in [2.05, 4.69) is 5.32 Å². The highest BCUT2D eigenvalue weighted by atomic mass is 35.5. The van der Waals surface area contributed by atoms with Gasteiger partial charge in [0.2, 0.25) is 5.91 Å². The Morgan fingerprint density at radius 3 is 2.48 bits per heavy atom. The first-order valence-corrected chi connectivity index (χ1v) is 7.24. The molecule has 1 aromatic rings. The number of hydrogen-bond donors (Lipinski definition) is 2. The van der Waals surface area contributed by atoms with Crippen molar-refractivity contribution in [2.75, 3.05) is 27.2 Å². The third kappa shape index (κ3) is 6.48. The van der Waals surface area contributed by atoms with Gasteiger partial charge in [0.1, 0.15) is 0 Å². The van der Waals surface area contributed by atoms with Crippen LogP contribution in [0.5, 0.6) is 0 Å². The zero-order valence-corrected chi connectivity index (χ0v) is 13.9. The topological polar surface area (TPSA) is 52.6 Å². The van der Waals surface area contributed by atoms with Crippen molar-refractivity contribution < 1.29 is 9.90 Å². The molecule has 0 aromatic heterocycles. The van der Waals surface area contributed by atoms with Crippen LogP contribution in [0.4, 0.5) is 0 Å². The third-order valence-electron chi connectivity index (χ3n) is 2.70. The van der Waals surface area contributed by atoms with Crippen molar-refractivity contribution in [3.63, 3.8) is 0 Å². The van der Waals surface area contributed by atoms with Crippen LogP contribution in [-0.4, -0.2) is 48.7 Å². The zero-order valence-electron chi connectivity index (χ0n) is 12.4. The van der Waals surface area contributed by atoms with Gasteiger partial charge >= 0.3 is 0 Å². The van der Waals surface area contributed by atoms with Crippen molar-refractivity contribution in [3.8, 4) is 0 Å². The lowest BCUT2D eigenvalue weighted by Gasteiger charge is -2.26. The van der Waals surface area contributed by atoms with Crippen LogP contribution in [0, 0.1) is 0 Å². The van der Waals surface area contributed by atoms with Gasteiger partial charge in [0, 0.05) is 34.8 Å². The van der Waals surface area contributed by atoms with Crippen molar-refractivity contribution in [2.45, 2.75) is 12.5 Å². The molecule has 0 spiro atoms. The standard InChI is InChI=1S/C15H20Cl2N2O2/c1-15(21,10-19(2)3)9-18-14(20)8-7-11-12(16)5-4-6-13(11)17/h4-8,21H,9-10H2,1-3H3,(H,18,20)/b8-7+. The summed E-state index contributed by atoms with van der Waals surface area (Å²) in [5.74, 6) is -0.315. The highest BCUT2D eigenvalue weighted by molar-refractivity contribution is 6.37. The SMILES string of the molecule is CN(C)CC(C)(O)CNC(=O)/C=C/c1c(Cl)cccc1Cl. The van der Waals surface area contributed by atoms with E-state index < -0.39 is 5.60 Å². The molecule has 0 bridgehead atoms. The Morgan fingerprint density at radius 1 is 1.38 bits per heavy atom. The fourth-order valence-electron chi connectivity index (χ4n) is 1.90. The summed E-state index contributed by atoms with van der Waals surface area (Å²) in [5, 5.41) is 13.7. The molecule has 1 atom stereocenters. The number of carbonyl (C=O) groups is 1. The van der Waals surface area contributed by atoms with Crippen molar-refractivity contribution in [1.29, 1.82) is 0 Å². The van der Waals surface area contributed by atoms with E-state index in [1.807, 2.05) is 19.0 Å². The summed E-state index contributed by atoms with van der Waals surface area (Å²) in [7, 11) is 3.71. The maximum atomic E-state index is 11.8. The average molecular weight is 331 g/mol. The van der Waals surface area contributed by atoms with Gasteiger partial charge in [-0.1, -0.05) is 29.3 Å². The molecule has 0 aliphatic rings. The molecular formula is C15H20Cl2N2O2. The van der Waals surface area contributed by atoms with E-state index >= 15 is 0 Å². The molecule has 21 heavy (non-hydrogen) atoms. The fraction of sp³-hybridized carbons (Fsp3) is 0.400. The Labute approximate surface area is 135 Å². The molecule has 1 unspecified atom stereocenters. The predicted octanol–water partition coefficient (Wildman–Crippen LogP) is 2.44. The number of rotatable bonds is 6. The summed E-state index contributed by atoms with van der Waals surface area (Å²) in [6.07, 6.45) is 2.90. The fourth-order valence-corrected chi connectivity index (χ4v) is 2.43. The molecule has 4 nitrogen and oxygen atoms in total. The van der Waals surface area contributed by atoms with Crippen LogP contribution in [-0.2, 0) is 4.79 Å². The molecule has 6 heteroatoms. The molecule has 0 aliphatic heterocycles. The Hall–Kier alpha value is -1.07. The minimum atomic E-state index is -0.991. The lowest BCUT2D eigenvalue weighted by atomic mass is 10.1. The second-order valence-electron chi connectivity index (χ2n) is 5.42. The monoisotopic (exact) mass is 330 g/mol. The molecule has 0 saturated carbocycles. The smallest absolute Gasteiger partial charge is 0.244 e. The molecule has 1 amide bonds. The number of hydrogen-bond acceptors (Lipinski definition) is 3. The van der Waals surface area contributed by atoms with E-state index in [1.54, 1.807) is 31.2 Å². The molecule has 1 aromatic carbocycles. The Morgan fingerprint density at radius 2 is 1.95 bits per heavy atom. The highest BCUT2D eigenvalue weighted by Crippen LogP contribution is 2.25. The first kappa shape index (κ1) is 18.0. The van der Waals surface area contributed by atoms with Gasteiger partial charge in [0.05, 0.1) is 5.60 Å². The summed E-state index contributed by atoms with van der Waals surface area (Å²) in [4.78, 5) is 13.6. The molecule has 0 aliphatic carbocycles. The Balaban J connectivity index is 2.60.